The second-order valence-corrected chi connectivity index (χ2v) is 5.60. The van der Waals surface area contributed by atoms with Gasteiger partial charge in [-0.15, -0.1) is 0 Å². The van der Waals surface area contributed by atoms with Gasteiger partial charge in [-0.25, -0.2) is 9.97 Å². The van der Waals surface area contributed by atoms with E-state index in [4.69, 9.17) is 9.97 Å². The van der Waals surface area contributed by atoms with Crippen molar-refractivity contribution >= 4 is 5.95 Å². The molecule has 2 rings (SSSR count). The number of nitrogens with zero attached hydrogens (tertiary/aromatic N) is 3. The molecule has 0 aromatic carbocycles. The van der Waals surface area contributed by atoms with Gasteiger partial charge in [-0.1, -0.05) is 20.8 Å². The lowest BCUT2D eigenvalue weighted by molar-refractivity contribution is 0.383. The summed E-state index contributed by atoms with van der Waals surface area (Å²) in [4.78, 5) is 11.8. The molecule has 1 N–H and O–H groups in total. The van der Waals surface area contributed by atoms with Crippen molar-refractivity contribution in [2.24, 2.45) is 5.92 Å². The maximum Gasteiger partial charge on any atom is 0.225 e. The van der Waals surface area contributed by atoms with E-state index >= 15 is 0 Å². The molecule has 1 aliphatic rings. The molecule has 0 bridgehead atoms. The first-order valence-corrected chi connectivity index (χ1v) is 8.09. The van der Waals surface area contributed by atoms with E-state index in [0.717, 1.165) is 50.9 Å². The maximum absolute atomic E-state index is 4.71. The number of piperidine rings is 1. The summed E-state index contributed by atoms with van der Waals surface area (Å²) in [6, 6.07) is 2.14. The monoisotopic (exact) mass is 276 g/mol. The van der Waals surface area contributed by atoms with Gasteiger partial charge in [-0.3, -0.25) is 0 Å². The van der Waals surface area contributed by atoms with Crippen LogP contribution in [0, 0.1) is 5.92 Å². The number of hydrogen-bond donors (Lipinski definition) is 1. The summed E-state index contributed by atoms with van der Waals surface area (Å²) in [6.45, 7) is 10.9. The lowest BCUT2D eigenvalue weighted by atomic mass is 9.97. The van der Waals surface area contributed by atoms with E-state index in [9.17, 15) is 0 Å². The van der Waals surface area contributed by atoms with Crippen molar-refractivity contribution in [3.63, 3.8) is 0 Å². The molecule has 0 aliphatic carbocycles. The van der Waals surface area contributed by atoms with Gasteiger partial charge in [-0.2, -0.15) is 0 Å². The molecule has 4 heteroatoms. The molecular formula is C16H28N4. The van der Waals surface area contributed by atoms with Gasteiger partial charge in [0.2, 0.25) is 5.95 Å². The summed E-state index contributed by atoms with van der Waals surface area (Å²) in [7, 11) is 0. The average Bonchev–Trinajstić information content (AvgIpc) is 2.52. The third-order valence-electron chi connectivity index (χ3n) is 4.13. The Hall–Kier alpha value is -1.16. The molecule has 1 aromatic rings. The van der Waals surface area contributed by atoms with E-state index in [1.165, 1.54) is 24.2 Å². The van der Waals surface area contributed by atoms with E-state index in [1.54, 1.807) is 0 Å². The van der Waals surface area contributed by atoms with Gasteiger partial charge < -0.3 is 10.2 Å². The molecule has 1 aromatic heterocycles. The largest absolute Gasteiger partial charge is 0.341 e. The van der Waals surface area contributed by atoms with Crippen LogP contribution in [0.1, 0.15) is 45.0 Å². The molecule has 112 valence electrons. The maximum atomic E-state index is 4.71. The average molecular weight is 276 g/mol. The first kappa shape index (κ1) is 15.2. The second-order valence-electron chi connectivity index (χ2n) is 5.60. The first-order chi connectivity index (χ1) is 9.76. The number of hydrogen-bond acceptors (Lipinski definition) is 4. The molecular weight excluding hydrogens is 248 g/mol. The summed E-state index contributed by atoms with van der Waals surface area (Å²) >= 11 is 0. The Morgan fingerprint density at radius 1 is 1.10 bits per heavy atom. The third kappa shape index (κ3) is 3.92. The van der Waals surface area contributed by atoms with Crippen LogP contribution in [-0.2, 0) is 12.8 Å². The van der Waals surface area contributed by atoms with Crippen LogP contribution in [0.3, 0.4) is 0 Å². The van der Waals surface area contributed by atoms with Crippen molar-refractivity contribution in [1.82, 2.24) is 15.3 Å². The smallest absolute Gasteiger partial charge is 0.225 e. The van der Waals surface area contributed by atoms with Crippen LogP contribution >= 0.6 is 0 Å². The zero-order valence-corrected chi connectivity index (χ0v) is 13.2. The molecule has 0 amide bonds. The molecule has 1 saturated heterocycles. The van der Waals surface area contributed by atoms with Crippen molar-refractivity contribution in [3.8, 4) is 0 Å². The Bertz CT molecular complexity index is 389. The Labute approximate surface area is 123 Å². The molecule has 0 saturated carbocycles. The van der Waals surface area contributed by atoms with Crippen molar-refractivity contribution < 1.29 is 0 Å². The van der Waals surface area contributed by atoms with Crippen LogP contribution in [0.2, 0.25) is 0 Å². The van der Waals surface area contributed by atoms with Crippen LogP contribution < -0.4 is 10.2 Å². The molecule has 1 fully saturated rings. The van der Waals surface area contributed by atoms with Crippen molar-refractivity contribution in [2.75, 3.05) is 31.1 Å². The SMILES string of the molecule is CCNCC1CCN(c2nc(CC)cc(CC)n2)CC1. The Balaban J connectivity index is 1.99. The Kier molecular flexibility index (Phi) is 5.77. The summed E-state index contributed by atoms with van der Waals surface area (Å²) in [5, 5.41) is 3.46. The summed E-state index contributed by atoms with van der Waals surface area (Å²) in [6.07, 6.45) is 4.46. The fourth-order valence-corrected chi connectivity index (χ4v) is 2.73. The van der Waals surface area contributed by atoms with Gasteiger partial charge in [0.25, 0.3) is 0 Å². The summed E-state index contributed by atoms with van der Waals surface area (Å²) in [5.41, 5.74) is 2.34. The Morgan fingerprint density at radius 2 is 1.70 bits per heavy atom. The highest BCUT2D eigenvalue weighted by molar-refractivity contribution is 5.33. The number of nitrogens with one attached hydrogen (secondary N) is 1. The lowest BCUT2D eigenvalue weighted by Crippen LogP contribution is -2.38. The van der Waals surface area contributed by atoms with Crippen LogP contribution in [0.15, 0.2) is 6.07 Å². The molecule has 1 aliphatic heterocycles. The van der Waals surface area contributed by atoms with Crippen molar-refractivity contribution in [2.45, 2.75) is 46.5 Å². The highest BCUT2D eigenvalue weighted by Gasteiger charge is 2.21. The highest BCUT2D eigenvalue weighted by Crippen LogP contribution is 2.21. The van der Waals surface area contributed by atoms with Gasteiger partial charge in [0.05, 0.1) is 0 Å². The third-order valence-corrected chi connectivity index (χ3v) is 4.13. The van der Waals surface area contributed by atoms with Crippen LogP contribution in [-0.4, -0.2) is 36.1 Å². The minimum Gasteiger partial charge on any atom is -0.341 e. The topological polar surface area (TPSA) is 41.0 Å². The normalized spacial score (nSPS) is 16.6. The lowest BCUT2D eigenvalue weighted by Gasteiger charge is -2.32. The van der Waals surface area contributed by atoms with Gasteiger partial charge >= 0.3 is 0 Å². The van der Waals surface area contributed by atoms with E-state index in [2.05, 4.69) is 37.1 Å². The number of anilines is 1. The van der Waals surface area contributed by atoms with Crippen LogP contribution in [0.4, 0.5) is 5.95 Å². The molecule has 4 nitrogen and oxygen atoms in total. The predicted octanol–water partition coefficient (Wildman–Crippen LogP) is 2.43. The molecule has 20 heavy (non-hydrogen) atoms. The Morgan fingerprint density at radius 3 is 2.20 bits per heavy atom. The van der Waals surface area contributed by atoms with Crippen LogP contribution in [0.5, 0.6) is 0 Å². The molecule has 0 spiro atoms. The zero-order valence-electron chi connectivity index (χ0n) is 13.2. The zero-order chi connectivity index (χ0) is 14.4. The standard InChI is InChI=1S/C16H28N4/c1-4-14-11-15(5-2)19-16(18-14)20-9-7-13(8-10-20)12-17-6-3/h11,13,17H,4-10,12H2,1-3H3. The molecule has 0 unspecified atom stereocenters. The molecule has 2 heterocycles. The first-order valence-electron chi connectivity index (χ1n) is 8.09. The molecule has 0 atom stereocenters. The van der Waals surface area contributed by atoms with Gasteiger partial charge in [0, 0.05) is 24.5 Å². The van der Waals surface area contributed by atoms with Crippen molar-refractivity contribution in [3.05, 3.63) is 17.5 Å². The van der Waals surface area contributed by atoms with Crippen LogP contribution in [0.25, 0.3) is 0 Å². The number of aryl methyl sites for hydroxylation is 2. The summed E-state index contributed by atoms with van der Waals surface area (Å²) < 4.78 is 0. The number of rotatable bonds is 6. The van der Waals surface area contributed by atoms with E-state index < -0.39 is 0 Å². The summed E-state index contributed by atoms with van der Waals surface area (Å²) in [5.74, 6) is 1.76. The van der Waals surface area contributed by atoms with Crippen molar-refractivity contribution in [1.29, 1.82) is 0 Å². The predicted molar refractivity (Wildman–Crippen MR) is 84.3 cm³/mol. The quantitative estimate of drug-likeness (QED) is 0.866. The van der Waals surface area contributed by atoms with Gasteiger partial charge in [0.15, 0.2) is 0 Å². The minimum absolute atomic E-state index is 0.811. The van der Waals surface area contributed by atoms with Gasteiger partial charge in [0.1, 0.15) is 0 Å². The van der Waals surface area contributed by atoms with E-state index in [-0.39, 0.29) is 0 Å². The van der Waals surface area contributed by atoms with E-state index in [1.807, 2.05) is 0 Å². The van der Waals surface area contributed by atoms with E-state index in [0.29, 0.717) is 0 Å². The minimum atomic E-state index is 0.811. The number of aromatic nitrogens is 2. The second kappa shape index (κ2) is 7.58. The highest BCUT2D eigenvalue weighted by atomic mass is 15.3. The molecule has 0 radical (unpaired) electrons. The fourth-order valence-electron chi connectivity index (χ4n) is 2.73. The fraction of sp³-hybridized carbons (Fsp3) is 0.750. The van der Waals surface area contributed by atoms with Gasteiger partial charge in [-0.05, 0) is 50.8 Å².